The lowest BCUT2D eigenvalue weighted by Crippen LogP contribution is -2.24. The van der Waals surface area contributed by atoms with Gasteiger partial charge in [-0.3, -0.25) is 0 Å². The van der Waals surface area contributed by atoms with Crippen molar-refractivity contribution in [2.75, 3.05) is 0 Å². The van der Waals surface area contributed by atoms with Gasteiger partial charge in [-0.1, -0.05) is 23.7 Å². The van der Waals surface area contributed by atoms with Crippen molar-refractivity contribution >= 4 is 0 Å². The highest BCUT2D eigenvalue weighted by Crippen LogP contribution is 2.35. The molecule has 0 radical (unpaired) electrons. The van der Waals surface area contributed by atoms with Crippen molar-refractivity contribution < 1.29 is 8.91 Å². The van der Waals surface area contributed by atoms with Gasteiger partial charge in [-0.2, -0.15) is 4.98 Å². The van der Waals surface area contributed by atoms with Gasteiger partial charge in [0.25, 0.3) is 0 Å². The maximum atomic E-state index is 13.1. The molecule has 3 rings (SSSR count). The molecule has 2 atom stereocenters. The van der Waals surface area contributed by atoms with Crippen molar-refractivity contribution in [2.24, 2.45) is 5.73 Å². The third kappa shape index (κ3) is 2.58. The lowest BCUT2D eigenvalue weighted by molar-refractivity contribution is 0.337. The highest BCUT2D eigenvalue weighted by Gasteiger charge is 2.34. The number of nitrogens with two attached hydrogens (primary N) is 1. The first-order valence-electron chi connectivity index (χ1n) is 7.34. The number of halogens is 1. The van der Waals surface area contributed by atoms with Gasteiger partial charge in [0.05, 0.1) is 11.3 Å². The predicted octanol–water partition coefficient (Wildman–Crippen LogP) is 3.13. The molecule has 5 heteroatoms. The van der Waals surface area contributed by atoms with Gasteiger partial charge in [-0.05, 0) is 44.4 Å². The first kappa shape index (κ1) is 14.2. The Morgan fingerprint density at radius 1 is 1.24 bits per heavy atom. The summed E-state index contributed by atoms with van der Waals surface area (Å²) in [4.78, 5) is 4.56. The van der Waals surface area contributed by atoms with E-state index in [1.807, 2.05) is 13.8 Å². The summed E-state index contributed by atoms with van der Waals surface area (Å²) in [7, 11) is 0. The van der Waals surface area contributed by atoms with E-state index in [9.17, 15) is 4.39 Å². The van der Waals surface area contributed by atoms with Gasteiger partial charge in [-0.25, -0.2) is 4.39 Å². The van der Waals surface area contributed by atoms with Crippen LogP contribution in [-0.2, 0) is 5.41 Å². The molecule has 1 aromatic carbocycles. The van der Waals surface area contributed by atoms with Gasteiger partial charge < -0.3 is 10.3 Å². The summed E-state index contributed by atoms with van der Waals surface area (Å²) in [5.74, 6) is 1.16. The summed E-state index contributed by atoms with van der Waals surface area (Å²) in [6, 6.07) is 6.52. The van der Waals surface area contributed by atoms with E-state index in [2.05, 4.69) is 10.1 Å². The molecule has 2 N–H and O–H groups in total. The Hall–Kier alpha value is -1.75. The van der Waals surface area contributed by atoms with E-state index in [1.165, 1.54) is 12.1 Å². The summed E-state index contributed by atoms with van der Waals surface area (Å²) in [5.41, 5.74) is 6.61. The largest absolute Gasteiger partial charge is 0.339 e. The monoisotopic (exact) mass is 289 g/mol. The molecule has 0 spiro atoms. The summed E-state index contributed by atoms with van der Waals surface area (Å²) in [6.07, 6.45) is 3.11. The molecular formula is C16H20FN3O. The molecule has 2 aromatic rings. The van der Waals surface area contributed by atoms with Crippen molar-refractivity contribution in [3.63, 3.8) is 0 Å². The number of aromatic nitrogens is 2. The standard InChI is InChI=1S/C16H20FN3O/c1-16(2,10-6-8-11(17)9-7-10)15-19-14(21-20-15)12-4-3-5-13(12)18/h6-9,12-13H,3-5,18H2,1-2H3. The molecule has 0 bridgehead atoms. The third-order valence-corrected chi connectivity index (χ3v) is 4.45. The molecule has 1 fully saturated rings. The van der Waals surface area contributed by atoms with Gasteiger partial charge in [0.15, 0.2) is 5.82 Å². The van der Waals surface area contributed by atoms with Gasteiger partial charge in [0.1, 0.15) is 5.82 Å². The van der Waals surface area contributed by atoms with Crippen molar-refractivity contribution in [3.8, 4) is 0 Å². The van der Waals surface area contributed by atoms with E-state index >= 15 is 0 Å². The molecule has 1 aliphatic carbocycles. The summed E-state index contributed by atoms with van der Waals surface area (Å²) >= 11 is 0. The number of rotatable bonds is 3. The Bertz CT molecular complexity index is 621. The minimum absolute atomic E-state index is 0.104. The van der Waals surface area contributed by atoms with Crippen LogP contribution in [-0.4, -0.2) is 16.2 Å². The molecule has 2 unspecified atom stereocenters. The van der Waals surface area contributed by atoms with E-state index in [4.69, 9.17) is 10.3 Å². The molecular weight excluding hydrogens is 269 g/mol. The van der Waals surface area contributed by atoms with Crippen molar-refractivity contribution in [1.29, 1.82) is 0 Å². The van der Waals surface area contributed by atoms with Crippen LogP contribution in [0.15, 0.2) is 28.8 Å². The summed E-state index contributed by atoms with van der Waals surface area (Å²) in [5, 5.41) is 4.13. The topological polar surface area (TPSA) is 64.9 Å². The minimum Gasteiger partial charge on any atom is -0.339 e. The van der Waals surface area contributed by atoms with E-state index in [0.29, 0.717) is 11.7 Å². The maximum Gasteiger partial charge on any atom is 0.231 e. The first-order valence-corrected chi connectivity index (χ1v) is 7.34. The third-order valence-electron chi connectivity index (χ3n) is 4.45. The van der Waals surface area contributed by atoms with E-state index in [0.717, 1.165) is 24.8 Å². The molecule has 0 aliphatic heterocycles. The maximum absolute atomic E-state index is 13.1. The van der Waals surface area contributed by atoms with Crippen LogP contribution in [0.3, 0.4) is 0 Å². The number of hydrogen-bond acceptors (Lipinski definition) is 4. The fourth-order valence-corrected chi connectivity index (χ4v) is 2.93. The van der Waals surface area contributed by atoms with E-state index in [1.54, 1.807) is 12.1 Å². The number of benzene rings is 1. The molecule has 0 amide bonds. The average molecular weight is 289 g/mol. The van der Waals surface area contributed by atoms with E-state index < -0.39 is 5.41 Å². The fourth-order valence-electron chi connectivity index (χ4n) is 2.93. The van der Waals surface area contributed by atoms with Crippen LogP contribution in [0.4, 0.5) is 4.39 Å². The molecule has 4 nitrogen and oxygen atoms in total. The minimum atomic E-state index is -0.432. The molecule has 112 valence electrons. The molecule has 0 saturated heterocycles. The Labute approximate surface area is 123 Å². The summed E-state index contributed by atoms with van der Waals surface area (Å²) < 4.78 is 18.5. The zero-order chi connectivity index (χ0) is 15.0. The first-order chi connectivity index (χ1) is 9.98. The lowest BCUT2D eigenvalue weighted by Gasteiger charge is -2.20. The highest BCUT2D eigenvalue weighted by atomic mass is 19.1. The van der Waals surface area contributed by atoms with Crippen LogP contribution in [0.25, 0.3) is 0 Å². The SMILES string of the molecule is CC(C)(c1ccc(F)cc1)c1noc(C2CCCC2N)n1. The molecule has 1 saturated carbocycles. The number of nitrogens with zero attached hydrogens (tertiary/aromatic N) is 2. The zero-order valence-electron chi connectivity index (χ0n) is 12.3. The summed E-state index contributed by atoms with van der Waals surface area (Å²) in [6.45, 7) is 4.01. The molecule has 1 aromatic heterocycles. The number of hydrogen-bond donors (Lipinski definition) is 1. The second kappa shape index (κ2) is 5.22. The Morgan fingerprint density at radius 2 is 1.95 bits per heavy atom. The van der Waals surface area contributed by atoms with Crippen LogP contribution in [0.5, 0.6) is 0 Å². The fraction of sp³-hybridized carbons (Fsp3) is 0.500. The Balaban J connectivity index is 1.89. The van der Waals surface area contributed by atoms with Gasteiger partial charge in [0.2, 0.25) is 5.89 Å². The Morgan fingerprint density at radius 3 is 2.57 bits per heavy atom. The van der Waals surface area contributed by atoms with Crippen LogP contribution < -0.4 is 5.73 Å². The zero-order valence-corrected chi connectivity index (χ0v) is 12.3. The Kier molecular flexibility index (Phi) is 3.53. The van der Waals surface area contributed by atoms with Crippen molar-refractivity contribution in [2.45, 2.75) is 50.5 Å². The molecule has 1 heterocycles. The van der Waals surface area contributed by atoms with Crippen LogP contribution in [0, 0.1) is 5.82 Å². The molecule has 1 aliphatic rings. The van der Waals surface area contributed by atoms with Crippen molar-refractivity contribution in [1.82, 2.24) is 10.1 Å². The smallest absolute Gasteiger partial charge is 0.231 e. The highest BCUT2D eigenvalue weighted by molar-refractivity contribution is 5.30. The van der Waals surface area contributed by atoms with Crippen LogP contribution in [0.1, 0.15) is 56.3 Å². The van der Waals surface area contributed by atoms with Crippen LogP contribution in [0.2, 0.25) is 0 Å². The van der Waals surface area contributed by atoms with Crippen molar-refractivity contribution in [3.05, 3.63) is 47.4 Å². The van der Waals surface area contributed by atoms with Crippen LogP contribution >= 0.6 is 0 Å². The second-order valence-corrected chi connectivity index (χ2v) is 6.29. The molecule has 21 heavy (non-hydrogen) atoms. The average Bonchev–Trinajstić information content (AvgIpc) is 3.07. The predicted molar refractivity (Wildman–Crippen MR) is 77.4 cm³/mol. The van der Waals surface area contributed by atoms with Gasteiger partial charge in [0, 0.05) is 6.04 Å². The quantitative estimate of drug-likeness (QED) is 0.942. The van der Waals surface area contributed by atoms with Gasteiger partial charge >= 0.3 is 0 Å². The normalized spacial score (nSPS) is 22.7. The van der Waals surface area contributed by atoms with Gasteiger partial charge in [-0.15, -0.1) is 0 Å². The van der Waals surface area contributed by atoms with E-state index in [-0.39, 0.29) is 17.8 Å². The second-order valence-electron chi connectivity index (χ2n) is 6.29. The lowest BCUT2D eigenvalue weighted by atomic mass is 9.84.